The van der Waals surface area contributed by atoms with Crippen molar-refractivity contribution in [1.29, 1.82) is 0 Å². The first-order valence-electron chi connectivity index (χ1n) is 13.1. The lowest BCUT2D eigenvalue weighted by atomic mass is 9.44. The molecule has 0 unspecified atom stereocenters. The lowest BCUT2D eigenvalue weighted by molar-refractivity contribution is -0.213. The molecule has 0 aliphatic heterocycles. The third kappa shape index (κ3) is 4.16. The van der Waals surface area contributed by atoms with Gasteiger partial charge in [0.15, 0.2) is 6.10 Å². The van der Waals surface area contributed by atoms with E-state index in [0.717, 1.165) is 51.4 Å². The molecule has 34 heavy (non-hydrogen) atoms. The maximum atomic E-state index is 12.1. The summed E-state index contributed by atoms with van der Waals surface area (Å²) in [6.45, 7) is 8.66. The summed E-state index contributed by atoms with van der Waals surface area (Å²) in [6.07, 6.45) is 7.74. The molecule has 192 valence electrons. The average Bonchev–Trinajstić information content (AvgIpc) is 3.02. The molecule has 0 saturated heterocycles. The van der Waals surface area contributed by atoms with E-state index in [1.807, 2.05) is 0 Å². The number of rotatable bonds is 5. The van der Waals surface area contributed by atoms with Gasteiger partial charge in [-0.15, -0.1) is 0 Å². The van der Waals surface area contributed by atoms with Crippen LogP contribution >= 0.6 is 0 Å². The molecular formula is C27H42O7. The van der Waals surface area contributed by atoms with E-state index in [4.69, 9.17) is 14.2 Å². The monoisotopic (exact) mass is 478 g/mol. The minimum absolute atomic E-state index is 0.0447. The molecule has 0 amide bonds. The highest BCUT2D eigenvalue weighted by Gasteiger charge is 2.67. The van der Waals surface area contributed by atoms with Gasteiger partial charge in [-0.05, 0) is 86.9 Å². The van der Waals surface area contributed by atoms with Crippen LogP contribution in [0.1, 0.15) is 92.4 Å². The van der Waals surface area contributed by atoms with Crippen molar-refractivity contribution < 1.29 is 33.7 Å². The van der Waals surface area contributed by atoms with Crippen LogP contribution in [0.2, 0.25) is 0 Å². The van der Waals surface area contributed by atoms with Gasteiger partial charge in [0.25, 0.3) is 0 Å². The molecule has 1 N–H and O–H groups in total. The summed E-state index contributed by atoms with van der Waals surface area (Å²) in [5, 5.41) is 12.1. The van der Waals surface area contributed by atoms with Crippen molar-refractivity contribution >= 4 is 17.9 Å². The van der Waals surface area contributed by atoms with Gasteiger partial charge in [-0.1, -0.05) is 13.8 Å². The van der Waals surface area contributed by atoms with Crippen molar-refractivity contribution in [3.63, 3.8) is 0 Å². The third-order valence-electron chi connectivity index (χ3n) is 10.4. The van der Waals surface area contributed by atoms with Gasteiger partial charge in [0, 0.05) is 26.2 Å². The van der Waals surface area contributed by atoms with Crippen molar-refractivity contribution in [2.45, 2.75) is 110 Å². The Balaban J connectivity index is 1.55. The molecule has 0 aromatic carbocycles. The fraction of sp³-hybridized carbons (Fsp3) is 0.889. The molecule has 7 nitrogen and oxygen atoms in total. The fourth-order valence-corrected chi connectivity index (χ4v) is 8.80. The fourth-order valence-electron chi connectivity index (χ4n) is 8.80. The molecule has 9 atom stereocenters. The predicted molar refractivity (Wildman–Crippen MR) is 124 cm³/mol. The van der Waals surface area contributed by atoms with Crippen LogP contribution < -0.4 is 0 Å². The second kappa shape index (κ2) is 9.11. The van der Waals surface area contributed by atoms with Crippen molar-refractivity contribution in [2.75, 3.05) is 6.61 Å². The Morgan fingerprint density at radius 1 is 0.882 bits per heavy atom. The van der Waals surface area contributed by atoms with Gasteiger partial charge >= 0.3 is 17.9 Å². The summed E-state index contributed by atoms with van der Waals surface area (Å²) in [6, 6.07) is 0. The summed E-state index contributed by atoms with van der Waals surface area (Å²) < 4.78 is 16.4. The van der Waals surface area contributed by atoms with E-state index >= 15 is 0 Å². The van der Waals surface area contributed by atoms with E-state index < -0.39 is 29.1 Å². The number of ether oxygens (including phenoxy) is 3. The number of hydrogen-bond donors (Lipinski definition) is 1. The number of esters is 3. The molecule has 4 rings (SSSR count). The first kappa shape index (κ1) is 25.5. The molecule has 4 aliphatic rings. The zero-order valence-corrected chi connectivity index (χ0v) is 21.4. The van der Waals surface area contributed by atoms with Crippen molar-refractivity contribution in [1.82, 2.24) is 0 Å². The quantitative estimate of drug-likeness (QED) is 0.467. The SMILES string of the molecule is CC(=O)OC[C@@H](OC(C)=O)[C@]1(O)CC[C@@H]2[C@@H]3CC[C@H]4C[C@H](OC(C)=O)CC[C@]4(C)[C@@H]3CC[C@@]21C. The van der Waals surface area contributed by atoms with E-state index in [1.54, 1.807) is 0 Å². The number of carbonyl (C=O) groups is 3. The first-order chi connectivity index (χ1) is 15.9. The van der Waals surface area contributed by atoms with Gasteiger partial charge in [0.2, 0.25) is 0 Å². The number of fused-ring (bicyclic) bond motifs is 5. The maximum Gasteiger partial charge on any atom is 0.303 e. The summed E-state index contributed by atoms with van der Waals surface area (Å²) in [4.78, 5) is 34.9. The van der Waals surface area contributed by atoms with Crippen LogP contribution in [0.25, 0.3) is 0 Å². The van der Waals surface area contributed by atoms with Gasteiger partial charge in [-0.2, -0.15) is 0 Å². The molecule has 0 radical (unpaired) electrons. The van der Waals surface area contributed by atoms with E-state index in [0.29, 0.717) is 30.1 Å². The largest absolute Gasteiger partial charge is 0.463 e. The molecule has 7 heteroatoms. The zero-order chi connectivity index (χ0) is 24.9. The van der Waals surface area contributed by atoms with Crippen molar-refractivity contribution in [3.8, 4) is 0 Å². The Hall–Kier alpha value is -1.63. The number of aliphatic hydroxyl groups is 1. The summed E-state index contributed by atoms with van der Waals surface area (Å²) in [5.74, 6) is 0.919. The van der Waals surface area contributed by atoms with Crippen LogP contribution in [0, 0.1) is 34.5 Å². The second-order valence-electron chi connectivity index (χ2n) is 12.0. The van der Waals surface area contributed by atoms with Crippen LogP contribution in [-0.2, 0) is 28.6 Å². The molecule has 4 aliphatic carbocycles. The molecule has 4 saturated carbocycles. The summed E-state index contributed by atoms with van der Waals surface area (Å²) >= 11 is 0. The Morgan fingerprint density at radius 3 is 2.24 bits per heavy atom. The van der Waals surface area contributed by atoms with Gasteiger partial charge < -0.3 is 19.3 Å². The first-order valence-corrected chi connectivity index (χ1v) is 13.1. The molecule has 0 bridgehead atoms. The van der Waals surface area contributed by atoms with Gasteiger partial charge in [-0.3, -0.25) is 14.4 Å². The highest BCUT2D eigenvalue weighted by atomic mass is 16.6. The Morgan fingerprint density at radius 2 is 1.59 bits per heavy atom. The molecule has 0 aromatic heterocycles. The molecule has 0 spiro atoms. The van der Waals surface area contributed by atoms with Gasteiger partial charge in [0.1, 0.15) is 18.3 Å². The van der Waals surface area contributed by atoms with Crippen molar-refractivity contribution in [3.05, 3.63) is 0 Å². The van der Waals surface area contributed by atoms with E-state index in [1.165, 1.54) is 20.8 Å². The normalized spacial score (nSPS) is 44.1. The highest BCUT2D eigenvalue weighted by molar-refractivity contribution is 5.67. The molecule has 0 aromatic rings. The van der Waals surface area contributed by atoms with Gasteiger partial charge in [0.05, 0.1) is 0 Å². The molecule has 4 fully saturated rings. The predicted octanol–water partition coefficient (Wildman–Crippen LogP) is 4.19. The topological polar surface area (TPSA) is 99.1 Å². The van der Waals surface area contributed by atoms with Gasteiger partial charge in [-0.25, -0.2) is 0 Å². The lowest BCUT2D eigenvalue weighted by Crippen LogP contribution is -2.61. The molecule has 0 heterocycles. The summed E-state index contributed by atoms with van der Waals surface area (Å²) in [7, 11) is 0. The van der Waals surface area contributed by atoms with Crippen LogP contribution in [-0.4, -0.2) is 47.4 Å². The van der Waals surface area contributed by atoms with Crippen LogP contribution in [0.3, 0.4) is 0 Å². The van der Waals surface area contributed by atoms with E-state index in [2.05, 4.69) is 13.8 Å². The Labute approximate surface area is 203 Å². The minimum atomic E-state index is -1.21. The summed E-state index contributed by atoms with van der Waals surface area (Å²) in [5.41, 5.74) is -1.38. The van der Waals surface area contributed by atoms with Crippen molar-refractivity contribution in [2.24, 2.45) is 34.5 Å². The third-order valence-corrected chi connectivity index (χ3v) is 10.4. The average molecular weight is 479 g/mol. The standard InChI is InChI=1S/C27H42O7/c1-16(28)32-15-24(34-18(3)30)27(31)13-10-23-21-7-6-19-14-20(33-17(2)29)8-11-25(19,4)22(21)9-12-26(23,27)5/h19-24,31H,6-15H2,1-5H3/t19-,20+,21+,22+,23+,24+,25-,26-,27+/m0/s1. The van der Waals surface area contributed by atoms with E-state index in [-0.39, 0.29) is 24.1 Å². The van der Waals surface area contributed by atoms with Crippen LogP contribution in [0.15, 0.2) is 0 Å². The molecular weight excluding hydrogens is 436 g/mol. The Kier molecular flexibility index (Phi) is 6.82. The second-order valence-corrected chi connectivity index (χ2v) is 12.0. The maximum absolute atomic E-state index is 12.1. The van der Waals surface area contributed by atoms with Crippen LogP contribution in [0.4, 0.5) is 0 Å². The minimum Gasteiger partial charge on any atom is -0.463 e. The lowest BCUT2D eigenvalue weighted by Gasteiger charge is -2.62. The smallest absolute Gasteiger partial charge is 0.303 e. The number of carbonyl (C=O) groups excluding carboxylic acids is 3. The number of hydrogen-bond acceptors (Lipinski definition) is 7. The highest BCUT2D eigenvalue weighted by Crippen LogP contribution is 2.69. The Bertz CT molecular complexity index is 826. The zero-order valence-electron chi connectivity index (χ0n) is 21.4. The van der Waals surface area contributed by atoms with Crippen LogP contribution in [0.5, 0.6) is 0 Å². The van der Waals surface area contributed by atoms with E-state index in [9.17, 15) is 19.5 Å².